The van der Waals surface area contributed by atoms with Crippen molar-refractivity contribution in [2.75, 3.05) is 86.2 Å². The molecule has 3 spiro atoms. The van der Waals surface area contributed by atoms with Gasteiger partial charge in [-0.15, -0.1) is 12.6 Å². The van der Waals surface area contributed by atoms with Gasteiger partial charge in [-0.2, -0.15) is 72.6 Å². The zero-order valence-corrected chi connectivity index (χ0v) is 76.9. The van der Waals surface area contributed by atoms with Crippen molar-refractivity contribution in [3.8, 4) is 11.5 Å². The Bertz CT molecular complexity index is 5280. The lowest BCUT2D eigenvalue weighted by Crippen LogP contribution is -2.49. The van der Waals surface area contributed by atoms with E-state index in [-0.39, 0.29) is 75.4 Å². The molecule has 10 aromatic rings. The van der Waals surface area contributed by atoms with Crippen LogP contribution in [0.25, 0.3) is 0 Å². The Morgan fingerprint density at radius 1 is 0.445 bits per heavy atom. The number of ether oxygens (including phenoxy) is 2. The normalized spacial score (nSPS) is 18.6. The molecule has 688 valence electrons. The average molecular weight is 2010 g/mol. The van der Waals surface area contributed by atoms with Gasteiger partial charge < -0.3 is 63.9 Å². The number of nitrogens with two attached hydrogens (primary N) is 5. The van der Waals surface area contributed by atoms with Crippen molar-refractivity contribution < 1.29 is 62.2 Å². The van der Waals surface area contributed by atoms with Crippen LogP contribution < -0.4 is 63.9 Å². The molecule has 0 bridgehead atoms. The third-order valence-electron chi connectivity index (χ3n) is 23.5. The van der Waals surface area contributed by atoms with Crippen LogP contribution in [0.3, 0.4) is 0 Å². The van der Waals surface area contributed by atoms with E-state index in [2.05, 4.69) is 148 Å². The minimum atomic E-state index is -4.55. The number of nitrogens with zero attached hydrogens (tertiary/aromatic N) is 14. The van der Waals surface area contributed by atoms with E-state index in [1.165, 1.54) is 149 Å². The zero-order chi connectivity index (χ0) is 92.4. The highest BCUT2D eigenvalue weighted by Gasteiger charge is 2.48. The molecule has 16 rings (SSSR count). The number of pyridine rings is 4. The van der Waals surface area contributed by atoms with Gasteiger partial charge in [0.25, 0.3) is 0 Å². The van der Waals surface area contributed by atoms with Crippen molar-refractivity contribution in [1.29, 1.82) is 0 Å². The van der Waals surface area contributed by atoms with Gasteiger partial charge in [-0.3, -0.25) is 19.9 Å². The lowest BCUT2D eigenvalue weighted by atomic mass is 9.73. The third-order valence-corrected chi connectivity index (χ3v) is 28.3. The van der Waals surface area contributed by atoms with E-state index >= 15 is 0 Å². The molecule has 3 aliphatic carbocycles. The SMILES string of the molecule is COc1ccc([C@@H](C)N[C@@H]2CCCC23CCN(c2ncc(Sc4cccnc4C(F)(F)F)c(N)n2)CC3)cc1.COc1ccc([C@@H](C)N[C@@H]2CCCC23CCNCC3)cc1.FC(F)(F)c1ncccc1S.Nc1nc(Cl)ncc1I.Nc1nc(Cl)ncc1Sc1cccnc1C(F)(F)F.Nc1nc(N2CCC3(CCC[C@H]3N)CC2)ncc1Sc1cccnc1C(F)(F)F. The molecular formula is C85H97Cl2F12IN22O2S4. The summed E-state index contributed by atoms with van der Waals surface area (Å²) in [6, 6.07) is 29.7. The van der Waals surface area contributed by atoms with E-state index in [0.717, 1.165) is 140 Å². The number of anilines is 6. The molecule has 0 amide bonds. The maximum Gasteiger partial charge on any atom is 0.434 e. The number of nitrogens with one attached hydrogen (secondary N) is 3. The van der Waals surface area contributed by atoms with Crippen LogP contribution in [0.5, 0.6) is 11.5 Å². The highest BCUT2D eigenvalue weighted by atomic mass is 127. The van der Waals surface area contributed by atoms with Gasteiger partial charge in [0.05, 0.1) is 32.5 Å². The number of aromatic nitrogens is 12. The topological polar surface area (TPSA) is 346 Å². The molecule has 6 fully saturated rings. The number of benzene rings is 2. The summed E-state index contributed by atoms with van der Waals surface area (Å²) in [6.45, 7) is 10.1. The molecule has 5 atom stereocenters. The van der Waals surface area contributed by atoms with Gasteiger partial charge in [-0.25, -0.2) is 19.9 Å². The first-order chi connectivity index (χ1) is 60.8. The Morgan fingerprint density at radius 3 is 1.13 bits per heavy atom. The lowest BCUT2D eigenvalue weighted by molar-refractivity contribution is -0.144. The summed E-state index contributed by atoms with van der Waals surface area (Å²) >= 11 is 19.1. The van der Waals surface area contributed by atoms with Gasteiger partial charge in [-0.05, 0) is 250 Å². The summed E-state index contributed by atoms with van der Waals surface area (Å²) in [5, 5.41) is 11.5. The van der Waals surface area contributed by atoms with E-state index < -0.39 is 47.5 Å². The van der Waals surface area contributed by atoms with Crippen LogP contribution in [0.15, 0.2) is 181 Å². The smallest absolute Gasteiger partial charge is 0.434 e. The molecule has 8 aromatic heterocycles. The summed E-state index contributed by atoms with van der Waals surface area (Å²) < 4.78 is 165. The highest BCUT2D eigenvalue weighted by molar-refractivity contribution is 14.1. The molecule has 0 unspecified atom stereocenters. The number of nitrogen functional groups attached to an aromatic ring is 4. The number of alkyl halides is 12. The summed E-state index contributed by atoms with van der Waals surface area (Å²) in [4.78, 5) is 50.8. The second kappa shape index (κ2) is 44.6. The molecule has 43 heteroatoms. The van der Waals surface area contributed by atoms with Crippen molar-refractivity contribution >= 4 is 129 Å². The van der Waals surface area contributed by atoms with Gasteiger partial charge >= 0.3 is 24.7 Å². The molecule has 128 heavy (non-hydrogen) atoms. The Kier molecular flexibility index (Phi) is 34.8. The third kappa shape index (κ3) is 26.7. The molecule has 2 aromatic carbocycles. The first-order valence-electron chi connectivity index (χ1n) is 40.8. The van der Waals surface area contributed by atoms with Crippen molar-refractivity contribution in [3.05, 3.63) is 195 Å². The Labute approximate surface area is 775 Å². The minimum Gasteiger partial charge on any atom is -0.497 e. The van der Waals surface area contributed by atoms with Gasteiger partial charge in [0, 0.05) is 126 Å². The van der Waals surface area contributed by atoms with E-state index in [1.807, 2.05) is 34.7 Å². The summed E-state index contributed by atoms with van der Waals surface area (Å²) in [5.74, 6) is 3.58. The lowest BCUT2D eigenvalue weighted by Gasteiger charge is -2.44. The zero-order valence-electron chi connectivity index (χ0n) is 69.9. The predicted molar refractivity (Wildman–Crippen MR) is 484 cm³/mol. The van der Waals surface area contributed by atoms with Crippen LogP contribution in [0.1, 0.15) is 156 Å². The number of halogens is 15. The maximum absolute atomic E-state index is 13.3. The molecule has 3 saturated heterocycles. The monoisotopic (exact) mass is 2010 g/mol. The van der Waals surface area contributed by atoms with E-state index in [4.69, 9.17) is 61.3 Å². The number of hydrogen-bond acceptors (Lipinski definition) is 28. The fraction of sp³-hybridized carbons (Fsp3) is 0.435. The standard InChI is InChI=1S/C28H33F3N6OS.C19H23F3N6S.C18H28N2O.C10H6ClF3N4S.C6H4F3NS.C4H3ClIN3/c1-18(19-7-9-20(38-2)10-8-19)35-23-6-3-11-27(23)12-15-37(16-13-27)26-34-17-22(25(32)36-26)39-21-5-4-14-33-24(21)28(29,30)31;20-19(21,22)15-12(3-2-8-25-15)29-13-11-26-17(27-16(13)24)28-9-6-18(7-10-28)5-1-4-14(18)23;1-14(15-5-7-16(21-2)8-6-15)20-17-4-3-9-18(17)10-12-19-13-11-18;11-9-17-4-6(8(15)18-9)19-5-2-1-3-16-7(5)10(12,13)14;7-6(8,9)5-4(11)2-1-3-10-5;5-4-8-1-2(6)3(7)9-4/h4-5,7-10,14,17-18,23,35H,3,6,11-13,15-16H2,1-2H3,(H2,32,34,36);2-3,8,11,14H,1,4-7,9-10,23H2,(H2,24,26,27);5-8,14,17,19-20H,3-4,9-13H2,1-2H3;1-4H,(H2,15,17,18);1-3,11H;1H,(H2,7,8,9)/t18-,23-;14-;14-,17-;;;/m111.../s1. The second-order valence-electron chi connectivity index (χ2n) is 31.3. The highest BCUT2D eigenvalue weighted by Crippen LogP contribution is 2.51. The van der Waals surface area contributed by atoms with Crippen molar-refractivity contribution in [2.45, 2.75) is 199 Å². The molecule has 11 heterocycles. The first-order valence-corrected chi connectivity index (χ1v) is 45.6. The number of piperidine rings is 3. The Hall–Kier alpha value is -8.53. The van der Waals surface area contributed by atoms with Gasteiger partial charge in [0.15, 0.2) is 22.8 Å². The van der Waals surface area contributed by atoms with Crippen LogP contribution in [-0.4, -0.2) is 131 Å². The quantitative estimate of drug-likeness (QED) is 0.0188. The maximum atomic E-state index is 13.3. The molecule has 3 saturated carbocycles. The molecular weight excluding hydrogens is 1920 g/mol. The second-order valence-corrected chi connectivity index (χ2v) is 36.9. The molecule has 13 N–H and O–H groups in total. The molecule has 0 radical (unpaired) electrons. The Balaban J connectivity index is 0.000000158. The minimum absolute atomic E-state index is 0.0157. The van der Waals surface area contributed by atoms with Crippen LogP contribution in [-0.2, 0) is 24.7 Å². The molecule has 24 nitrogen and oxygen atoms in total. The van der Waals surface area contributed by atoms with E-state index in [9.17, 15) is 52.7 Å². The largest absolute Gasteiger partial charge is 0.497 e. The van der Waals surface area contributed by atoms with Crippen molar-refractivity contribution in [1.82, 2.24) is 75.8 Å². The van der Waals surface area contributed by atoms with E-state index in [1.54, 1.807) is 20.4 Å². The van der Waals surface area contributed by atoms with E-state index in [0.29, 0.717) is 51.0 Å². The van der Waals surface area contributed by atoms with Gasteiger partial charge in [0.2, 0.25) is 22.5 Å². The molecule has 6 aliphatic rings. The first kappa shape index (κ1) is 100. The van der Waals surface area contributed by atoms with Gasteiger partial charge in [0.1, 0.15) is 34.8 Å². The number of methoxy groups -OCH3 is 2. The number of rotatable bonds is 16. The molecule has 3 aliphatic heterocycles. The number of thiol groups is 1. The summed E-state index contributed by atoms with van der Waals surface area (Å²) in [5.41, 5.74) is 29.3. The summed E-state index contributed by atoms with van der Waals surface area (Å²) in [6.07, 6.45) is 10.0. The number of hydrogen-bond donors (Lipinski definition) is 9. The fourth-order valence-electron chi connectivity index (χ4n) is 16.6. The predicted octanol–water partition coefficient (Wildman–Crippen LogP) is 20.1. The van der Waals surface area contributed by atoms with Crippen molar-refractivity contribution in [3.63, 3.8) is 0 Å². The van der Waals surface area contributed by atoms with Crippen LogP contribution >= 0.6 is 93.7 Å². The van der Waals surface area contributed by atoms with Gasteiger partial charge in [-0.1, -0.05) is 78.8 Å². The van der Waals surface area contributed by atoms with Crippen LogP contribution in [0.4, 0.5) is 87.9 Å². The fourth-order valence-corrected chi connectivity index (χ4v) is 20.1. The van der Waals surface area contributed by atoms with Crippen LogP contribution in [0, 0.1) is 19.8 Å². The Morgan fingerprint density at radius 2 is 0.789 bits per heavy atom. The van der Waals surface area contributed by atoms with Crippen molar-refractivity contribution in [2.24, 2.45) is 22.0 Å². The average Bonchev–Trinajstić information content (AvgIpc) is 1.58. The van der Waals surface area contributed by atoms with Crippen LogP contribution in [0.2, 0.25) is 10.6 Å². The summed E-state index contributed by atoms with van der Waals surface area (Å²) in [7, 11) is 3.39.